The van der Waals surface area contributed by atoms with Crippen LogP contribution in [0.1, 0.15) is 17.2 Å². The Morgan fingerprint density at radius 1 is 1.32 bits per heavy atom. The third-order valence-electron chi connectivity index (χ3n) is 2.79. The van der Waals surface area contributed by atoms with E-state index in [1.807, 2.05) is 6.07 Å². The Morgan fingerprint density at radius 3 is 2.79 bits per heavy atom. The second-order valence-electron chi connectivity index (χ2n) is 4.07. The Kier molecular flexibility index (Phi) is 4.57. The van der Waals surface area contributed by atoms with Gasteiger partial charge in [0.1, 0.15) is 0 Å². The van der Waals surface area contributed by atoms with Crippen molar-refractivity contribution in [2.45, 2.75) is 12.5 Å². The van der Waals surface area contributed by atoms with Crippen LogP contribution < -0.4 is 11.3 Å². The summed E-state index contributed by atoms with van der Waals surface area (Å²) >= 11 is 3.31. The molecule has 0 fully saturated rings. The van der Waals surface area contributed by atoms with Gasteiger partial charge in [-0.2, -0.15) is 0 Å². The molecular weight excluding hydrogens is 316 g/mol. The number of halogens is 3. The number of hydrogen-bond donors (Lipinski definition) is 2. The van der Waals surface area contributed by atoms with Gasteiger partial charge in [0.2, 0.25) is 0 Å². The molecule has 19 heavy (non-hydrogen) atoms. The van der Waals surface area contributed by atoms with Gasteiger partial charge in [-0.15, -0.1) is 0 Å². The number of rotatable bonds is 4. The van der Waals surface area contributed by atoms with Gasteiger partial charge in [-0.25, -0.2) is 8.78 Å². The van der Waals surface area contributed by atoms with Gasteiger partial charge in [-0.05, 0) is 45.6 Å². The van der Waals surface area contributed by atoms with E-state index < -0.39 is 11.6 Å². The lowest BCUT2D eigenvalue weighted by Gasteiger charge is -2.16. The maximum Gasteiger partial charge on any atom is 0.162 e. The van der Waals surface area contributed by atoms with E-state index in [0.29, 0.717) is 0 Å². The summed E-state index contributed by atoms with van der Waals surface area (Å²) in [6, 6.07) is 5.58. The number of nitrogens with two attached hydrogens (primary N) is 1. The minimum atomic E-state index is -0.861. The first-order valence-electron chi connectivity index (χ1n) is 5.61. The highest BCUT2D eigenvalue weighted by Crippen LogP contribution is 2.22. The van der Waals surface area contributed by atoms with E-state index >= 15 is 0 Å². The van der Waals surface area contributed by atoms with Gasteiger partial charge in [0.15, 0.2) is 11.6 Å². The number of hydrazine groups is 1. The lowest BCUT2D eigenvalue weighted by atomic mass is 10.0. The van der Waals surface area contributed by atoms with Crippen LogP contribution in [-0.2, 0) is 6.42 Å². The molecule has 0 saturated carbocycles. The molecule has 1 heterocycles. The van der Waals surface area contributed by atoms with Crippen LogP contribution in [-0.4, -0.2) is 4.98 Å². The van der Waals surface area contributed by atoms with Crippen LogP contribution in [0.15, 0.2) is 41.1 Å². The van der Waals surface area contributed by atoms with Crippen molar-refractivity contribution in [3.05, 3.63) is 63.9 Å². The minimum Gasteiger partial charge on any atom is -0.271 e. The van der Waals surface area contributed by atoms with Crippen LogP contribution in [0.5, 0.6) is 0 Å². The summed E-state index contributed by atoms with van der Waals surface area (Å²) in [4.78, 5) is 4.02. The fourth-order valence-electron chi connectivity index (χ4n) is 1.82. The normalized spacial score (nSPS) is 12.4. The topological polar surface area (TPSA) is 50.9 Å². The van der Waals surface area contributed by atoms with Gasteiger partial charge in [-0.3, -0.25) is 16.3 Å². The largest absolute Gasteiger partial charge is 0.271 e. The van der Waals surface area contributed by atoms with Crippen molar-refractivity contribution in [1.29, 1.82) is 0 Å². The molecular formula is C13H12BrF2N3. The molecule has 3 nitrogen and oxygen atoms in total. The standard InChI is InChI=1S/C13H12BrF2N3/c14-10-4-9(6-18-7-10)12(19-17)5-8-2-1-3-11(15)13(8)16/h1-4,6-7,12,19H,5,17H2. The minimum absolute atomic E-state index is 0.234. The van der Waals surface area contributed by atoms with Crippen molar-refractivity contribution >= 4 is 15.9 Å². The summed E-state index contributed by atoms with van der Waals surface area (Å²) in [6.07, 6.45) is 3.50. The maximum atomic E-state index is 13.6. The fraction of sp³-hybridized carbons (Fsp3) is 0.154. The van der Waals surface area contributed by atoms with E-state index in [1.54, 1.807) is 12.4 Å². The van der Waals surface area contributed by atoms with E-state index in [2.05, 4.69) is 26.3 Å². The Hall–Kier alpha value is -1.37. The molecule has 1 unspecified atom stereocenters. The second kappa shape index (κ2) is 6.18. The van der Waals surface area contributed by atoms with E-state index in [-0.39, 0.29) is 18.0 Å². The van der Waals surface area contributed by atoms with E-state index in [4.69, 9.17) is 5.84 Å². The van der Waals surface area contributed by atoms with Crippen LogP contribution in [0.25, 0.3) is 0 Å². The SMILES string of the molecule is NNC(Cc1cccc(F)c1F)c1cncc(Br)c1. The van der Waals surface area contributed by atoms with Crippen molar-refractivity contribution in [3.63, 3.8) is 0 Å². The lowest BCUT2D eigenvalue weighted by molar-refractivity contribution is 0.481. The molecule has 3 N–H and O–H groups in total. The summed E-state index contributed by atoms with van der Waals surface area (Å²) < 4.78 is 27.6. The van der Waals surface area contributed by atoms with Gasteiger partial charge < -0.3 is 0 Å². The summed E-state index contributed by atoms with van der Waals surface area (Å²) in [7, 11) is 0. The van der Waals surface area contributed by atoms with Crippen LogP contribution >= 0.6 is 15.9 Å². The zero-order chi connectivity index (χ0) is 13.8. The summed E-state index contributed by atoms with van der Waals surface area (Å²) in [5, 5.41) is 0. The number of hydrogen-bond acceptors (Lipinski definition) is 3. The highest BCUT2D eigenvalue weighted by Gasteiger charge is 2.15. The Balaban J connectivity index is 2.26. The van der Waals surface area contributed by atoms with Gasteiger partial charge in [0.05, 0.1) is 6.04 Å². The first-order valence-corrected chi connectivity index (χ1v) is 6.40. The average Bonchev–Trinajstić information content (AvgIpc) is 2.40. The molecule has 0 aliphatic heterocycles. The van der Waals surface area contributed by atoms with Gasteiger partial charge in [0.25, 0.3) is 0 Å². The molecule has 0 saturated heterocycles. The highest BCUT2D eigenvalue weighted by atomic mass is 79.9. The maximum absolute atomic E-state index is 13.6. The monoisotopic (exact) mass is 327 g/mol. The molecule has 0 spiro atoms. The van der Waals surface area contributed by atoms with E-state index in [0.717, 1.165) is 16.1 Å². The fourth-order valence-corrected chi connectivity index (χ4v) is 2.20. The molecule has 1 aromatic carbocycles. The van der Waals surface area contributed by atoms with Gasteiger partial charge >= 0.3 is 0 Å². The molecule has 6 heteroatoms. The molecule has 0 amide bonds. The molecule has 1 aromatic heterocycles. The molecule has 0 aliphatic rings. The first kappa shape index (κ1) is 14.0. The smallest absolute Gasteiger partial charge is 0.162 e. The quantitative estimate of drug-likeness (QED) is 0.670. The van der Waals surface area contributed by atoms with E-state index in [9.17, 15) is 8.78 Å². The predicted molar refractivity (Wildman–Crippen MR) is 72.1 cm³/mol. The van der Waals surface area contributed by atoms with E-state index in [1.165, 1.54) is 12.1 Å². The van der Waals surface area contributed by atoms with Crippen LogP contribution in [0, 0.1) is 11.6 Å². The zero-order valence-electron chi connectivity index (χ0n) is 9.91. The highest BCUT2D eigenvalue weighted by molar-refractivity contribution is 9.10. The number of pyridine rings is 1. The first-order chi connectivity index (χ1) is 9.11. The van der Waals surface area contributed by atoms with Crippen molar-refractivity contribution < 1.29 is 8.78 Å². The Bertz CT molecular complexity index is 578. The molecule has 2 aromatic rings. The molecule has 1 atom stereocenters. The summed E-state index contributed by atoms with van der Waals surface area (Å²) in [5.74, 6) is 3.78. The van der Waals surface area contributed by atoms with Crippen LogP contribution in [0.4, 0.5) is 8.78 Å². The van der Waals surface area contributed by atoms with Crippen molar-refractivity contribution in [2.75, 3.05) is 0 Å². The van der Waals surface area contributed by atoms with Crippen molar-refractivity contribution in [1.82, 2.24) is 10.4 Å². The lowest BCUT2D eigenvalue weighted by Crippen LogP contribution is -2.30. The average molecular weight is 328 g/mol. The molecule has 0 aliphatic carbocycles. The van der Waals surface area contributed by atoms with Crippen LogP contribution in [0.3, 0.4) is 0 Å². The van der Waals surface area contributed by atoms with Crippen molar-refractivity contribution in [2.24, 2.45) is 5.84 Å². The van der Waals surface area contributed by atoms with Crippen LogP contribution in [0.2, 0.25) is 0 Å². The number of aromatic nitrogens is 1. The number of nitrogens with zero attached hydrogens (tertiary/aromatic N) is 1. The number of nitrogens with one attached hydrogen (secondary N) is 1. The summed E-state index contributed by atoms with van der Waals surface area (Å²) in [6.45, 7) is 0. The molecule has 0 radical (unpaired) electrons. The predicted octanol–water partition coefficient (Wildman–Crippen LogP) is 2.87. The van der Waals surface area contributed by atoms with Gasteiger partial charge in [0, 0.05) is 16.9 Å². The third kappa shape index (κ3) is 3.34. The summed E-state index contributed by atoms with van der Waals surface area (Å²) in [5.41, 5.74) is 3.65. The zero-order valence-corrected chi connectivity index (χ0v) is 11.5. The molecule has 100 valence electrons. The van der Waals surface area contributed by atoms with Crippen molar-refractivity contribution in [3.8, 4) is 0 Å². The molecule has 2 rings (SSSR count). The Morgan fingerprint density at radius 2 is 2.11 bits per heavy atom. The van der Waals surface area contributed by atoms with Gasteiger partial charge in [-0.1, -0.05) is 12.1 Å². The Labute approximate surface area is 117 Å². The number of benzene rings is 1. The molecule has 0 bridgehead atoms. The third-order valence-corrected chi connectivity index (χ3v) is 3.22. The second-order valence-corrected chi connectivity index (χ2v) is 4.99.